The Bertz CT molecular complexity index is 6220. The highest BCUT2D eigenvalue weighted by Crippen LogP contribution is 2.48. The number of nitrogens with two attached hydrogens (primary N) is 1. The molecule has 37 heteroatoms. The van der Waals surface area contributed by atoms with Gasteiger partial charge in [0.25, 0.3) is 16.7 Å². The van der Waals surface area contributed by atoms with Crippen molar-refractivity contribution in [2.75, 3.05) is 90.8 Å². The van der Waals surface area contributed by atoms with Crippen LogP contribution in [0.3, 0.4) is 0 Å². The molecule has 5 aliphatic rings. The summed E-state index contributed by atoms with van der Waals surface area (Å²) >= 11 is 0. The maximum atomic E-state index is 13.2. The second kappa shape index (κ2) is 38.5. The highest BCUT2D eigenvalue weighted by atomic mass is 16.6. The van der Waals surface area contributed by atoms with Gasteiger partial charge < -0.3 is 79.0 Å². The van der Waals surface area contributed by atoms with Gasteiger partial charge in [0.15, 0.2) is 33.5 Å². The number of anilines is 3. The summed E-state index contributed by atoms with van der Waals surface area (Å²) in [5.41, 5.74) is 15.3. The number of aromatic nitrogens is 12. The number of nitrogens with one attached hydrogen (secondary N) is 5. The van der Waals surface area contributed by atoms with Crippen molar-refractivity contribution in [1.29, 1.82) is 0 Å². The first-order valence-electron chi connectivity index (χ1n) is 41.7. The van der Waals surface area contributed by atoms with E-state index < -0.39 is 102 Å². The maximum absolute atomic E-state index is 13.2. The highest BCUT2D eigenvalue weighted by Gasteiger charge is 2.44. The standard InChI is InChI=1S/C51H50N6O9.C30H32N6O7.C10H13N5O4/c1-56(50(61)64-29-41-39-16-9-7-14-37(39)38-15-8-10-17-40(38)41)27-11-18-44(59)53-49-54-47-46(48(60)55-49)52-31-57(47)45-28-42(58)43(66-45)30-65-51(32-12-5-4-6-13-32,33-19-23-35(62-2)24-20-33)34-21-25-36(63-3)26-22-34;1-35(30(41)42-15-21-19-9-4-2-7-17(19)18-8-3-5-10-20(18)21)12-6-11-24(39)32-29-33-27-26(28(40)34-29)31-16-36(27)25-13-22(38)23(14-37)43-25;11-10-13-8-7(9(18)14-10)12-3-15(8)6-1-4(17)5(2-16)19-6/h4-10,12-17,19-26,31,41-43,45,58H,11,18,27-30H2,1-3H3,(H2,53,54,55,59,60);2-5,7-10,16,21-23,25,37-38H,6,11-15H2,1H3,(H2,32,33,34,39,40);3-6,16-17H,1-2H2,(H3,11,13,14,18)/t42-,43-,45-;22-,23-,25-;4-,5-,6-/m111/s1. The third-order valence-corrected chi connectivity index (χ3v) is 23.5. The number of methoxy groups -OCH3 is 2. The Labute approximate surface area is 730 Å². The van der Waals surface area contributed by atoms with E-state index in [-0.39, 0.29) is 141 Å². The van der Waals surface area contributed by atoms with Crippen molar-refractivity contribution in [3.05, 3.63) is 265 Å². The number of nitrogen functional groups attached to an aromatic ring is 1. The third-order valence-electron chi connectivity index (χ3n) is 23.5. The molecule has 0 spiro atoms. The summed E-state index contributed by atoms with van der Waals surface area (Å²) < 4.78 is 51.6. The lowest BCUT2D eigenvalue weighted by Crippen LogP contribution is -2.38. The molecule has 6 aromatic heterocycles. The largest absolute Gasteiger partial charge is 0.497 e. The zero-order chi connectivity index (χ0) is 89.4. The maximum Gasteiger partial charge on any atom is 0.409 e. The van der Waals surface area contributed by atoms with Crippen LogP contribution < -0.4 is 42.5 Å². The Hall–Kier alpha value is -13.9. The van der Waals surface area contributed by atoms with E-state index in [1.165, 1.54) is 37.9 Å². The van der Waals surface area contributed by atoms with Gasteiger partial charge in [-0.3, -0.25) is 63.3 Å². The van der Waals surface area contributed by atoms with E-state index in [1.807, 2.05) is 127 Å². The Kier molecular flexibility index (Phi) is 26.4. The number of H-pyrrole nitrogens is 3. The predicted octanol–water partition coefficient (Wildman–Crippen LogP) is 8.10. The van der Waals surface area contributed by atoms with Crippen molar-refractivity contribution in [3.63, 3.8) is 0 Å². The molecule has 128 heavy (non-hydrogen) atoms. The van der Waals surface area contributed by atoms with Gasteiger partial charge in [-0.25, -0.2) is 24.5 Å². The molecule has 3 aliphatic heterocycles. The fourth-order valence-corrected chi connectivity index (χ4v) is 16.9. The average Bonchev–Trinajstić information content (AvgIpc) is 1.73. The first-order chi connectivity index (χ1) is 62.1. The van der Waals surface area contributed by atoms with Crippen LogP contribution in [0.2, 0.25) is 0 Å². The van der Waals surface area contributed by atoms with Gasteiger partial charge in [-0.2, -0.15) is 15.0 Å². The van der Waals surface area contributed by atoms with Crippen LogP contribution in [0, 0.1) is 0 Å². The lowest BCUT2D eigenvalue weighted by Gasteiger charge is -2.37. The van der Waals surface area contributed by atoms with Gasteiger partial charge in [0.2, 0.25) is 29.7 Å². The molecule has 664 valence electrons. The number of aliphatic hydroxyl groups is 5. The third kappa shape index (κ3) is 18.3. The summed E-state index contributed by atoms with van der Waals surface area (Å²) in [7, 11) is 6.47. The van der Waals surface area contributed by atoms with Crippen LogP contribution in [0.1, 0.15) is 114 Å². The zero-order valence-electron chi connectivity index (χ0n) is 70.1. The van der Waals surface area contributed by atoms with Crippen LogP contribution in [-0.2, 0) is 43.6 Å². The molecular formula is C91H95N17O20. The number of aliphatic hydroxyl groups excluding tert-OH is 5. The van der Waals surface area contributed by atoms with Crippen molar-refractivity contribution in [2.24, 2.45) is 0 Å². The number of nitrogens with zero attached hydrogens (tertiary/aromatic N) is 11. The van der Waals surface area contributed by atoms with Crippen LogP contribution in [-0.4, -0.2) is 229 Å². The van der Waals surface area contributed by atoms with Crippen molar-refractivity contribution in [2.45, 2.75) is 118 Å². The van der Waals surface area contributed by atoms with Crippen LogP contribution in [0.15, 0.2) is 209 Å². The van der Waals surface area contributed by atoms with Gasteiger partial charge in [-0.1, -0.05) is 152 Å². The smallest absolute Gasteiger partial charge is 0.409 e. The minimum atomic E-state index is -1.14. The van der Waals surface area contributed by atoms with Crippen molar-refractivity contribution < 1.29 is 82.6 Å². The van der Waals surface area contributed by atoms with Gasteiger partial charge in [-0.15, -0.1) is 0 Å². The molecule has 0 radical (unpaired) electrons. The molecule has 4 amide bonds. The molecule has 0 unspecified atom stereocenters. The second-order valence-corrected chi connectivity index (χ2v) is 31.5. The first kappa shape index (κ1) is 87.6. The molecule has 9 heterocycles. The summed E-state index contributed by atoms with van der Waals surface area (Å²) in [6, 6.07) is 57.6. The van der Waals surface area contributed by atoms with Crippen LogP contribution in [0.5, 0.6) is 11.5 Å². The fraction of sp³-hybridized carbons (Fsp3) is 0.330. The van der Waals surface area contributed by atoms with E-state index in [9.17, 15) is 54.0 Å². The number of ether oxygens (including phenoxy) is 8. The number of rotatable bonds is 27. The van der Waals surface area contributed by atoms with E-state index >= 15 is 0 Å². The molecular weight excluding hydrogens is 1650 g/mol. The van der Waals surface area contributed by atoms with Gasteiger partial charge in [0.1, 0.15) is 67.3 Å². The van der Waals surface area contributed by atoms with Gasteiger partial charge >= 0.3 is 12.2 Å². The topological polar surface area (TPSA) is 491 Å². The highest BCUT2D eigenvalue weighted by molar-refractivity contribution is 5.91. The number of carbonyl (C=O) groups excluding carboxylic acids is 4. The number of amides is 4. The Balaban J connectivity index is 0.000000164. The second-order valence-electron chi connectivity index (χ2n) is 31.5. The molecule has 0 saturated carbocycles. The summed E-state index contributed by atoms with van der Waals surface area (Å²) in [4.78, 5) is 124. The van der Waals surface area contributed by atoms with E-state index in [4.69, 9.17) is 48.7 Å². The monoisotopic (exact) mass is 1750 g/mol. The molecule has 0 bridgehead atoms. The van der Waals surface area contributed by atoms with Crippen molar-refractivity contribution in [3.8, 4) is 33.8 Å². The first-order valence-corrected chi connectivity index (χ1v) is 41.7. The summed E-state index contributed by atoms with van der Waals surface area (Å²) in [5.74, 6) is 0.300. The molecule has 18 rings (SSSR count). The Morgan fingerprint density at radius 3 is 1.19 bits per heavy atom. The molecule has 3 fully saturated rings. The minimum Gasteiger partial charge on any atom is -0.497 e. The lowest BCUT2D eigenvalue weighted by atomic mass is 9.80. The number of carbonyl (C=O) groups is 4. The summed E-state index contributed by atoms with van der Waals surface area (Å²) in [6.07, 6.45) is -2.13. The Morgan fingerprint density at radius 2 is 0.812 bits per heavy atom. The van der Waals surface area contributed by atoms with Crippen molar-refractivity contribution >= 4 is 75.3 Å². The molecule has 2 aliphatic carbocycles. The molecule has 37 nitrogen and oxygen atoms in total. The number of benzene rings is 7. The molecule has 13 aromatic rings. The number of hydrogen-bond donors (Lipinski definition) is 11. The van der Waals surface area contributed by atoms with Crippen molar-refractivity contribution in [1.82, 2.24) is 68.4 Å². The van der Waals surface area contributed by atoms with Gasteiger partial charge in [0, 0.05) is 71.1 Å². The summed E-state index contributed by atoms with van der Waals surface area (Å²) in [6.45, 7) is 0.298. The predicted molar refractivity (Wildman–Crippen MR) is 466 cm³/mol. The SMILES string of the molecule is CN(CCCC(=O)Nc1nc2c(ncn2[C@H]2C[C@@H](O)[C@@H](CO)O2)c(=O)[nH]1)C(=O)OCC1c2ccccc2-c2ccccc21.COc1ccc(C(OC[C@H]2O[C@@H](n3cnc4c(=O)[nH]c(NC(=O)CCCN(C)C(=O)OCC5c6ccccc6-c6ccccc65)nc43)C[C@H]2O)(c2ccccc2)c2ccc(OC)cc2)cc1.Nc1nc2c(ncn2[C@H]2C[C@@H](O)[C@@H](CO)O2)c(=O)[nH]1. The number of imidazole rings is 3. The molecule has 3 saturated heterocycles. The van der Waals surface area contributed by atoms with Crippen LogP contribution in [0.4, 0.5) is 27.4 Å². The fourth-order valence-electron chi connectivity index (χ4n) is 16.9. The van der Waals surface area contributed by atoms with Crippen LogP contribution >= 0.6 is 0 Å². The quantitative estimate of drug-likeness (QED) is 0.0216. The average molecular weight is 1750 g/mol. The van der Waals surface area contributed by atoms with E-state index in [2.05, 4.69) is 104 Å². The normalized spacial score (nSPS) is 19.1. The molecule has 12 N–H and O–H groups in total. The minimum absolute atomic E-state index is 0.0171. The van der Waals surface area contributed by atoms with Crippen LogP contribution in [0.25, 0.3) is 55.7 Å². The van der Waals surface area contributed by atoms with E-state index in [0.29, 0.717) is 24.3 Å². The number of fused-ring (bicyclic) bond motifs is 9. The van der Waals surface area contributed by atoms with E-state index in [0.717, 1.165) is 61.2 Å². The number of aromatic amines is 3. The Morgan fingerprint density at radius 1 is 0.469 bits per heavy atom. The molecule has 9 atom stereocenters. The van der Waals surface area contributed by atoms with E-state index in [1.54, 1.807) is 32.9 Å². The lowest BCUT2D eigenvalue weighted by molar-refractivity contribution is -0.117. The molecule has 7 aromatic carbocycles. The zero-order valence-corrected chi connectivity index (χ0v) is 70.1. The number of hydrogen-bond acceptors (Lipinski definition) is 27. The summed E-state index contributed by atoms with van der Waals surface area (Å²) in [5, 5.41) is 54.9. The van der Waals surface area contributed by atoms with Gasteiger partial charge in [0.05, 0.1) is 71.3 Å². The van der Waals surface area contributed by atoms with Gasteiger partial charge in [-0.05, 0) is 98.3 Å².